The Hall–Kier alpha value is -1.53. The molecule has 30 heavy (non-hydrogen) atoms. The van der Waals surface area contributed by atoms with Gasteiger partial charge in [-0.3, -0.25) is 14.5 Å². The van der Waals surface area contributed by atoms with Crippen molar-refractivity contribution in [3.8, 4) is 0 Å². The fourth-order valence-corrected chi connectivity index (χ4v) is 5.83. The summed E-state index contributed by atoms with van der Waals surface area (Å²) in [5.74, 6) is 1.52. The van der Waals surface area contributed by atoms with Crippen LogP contribution < -0.4 is 5.32 Å². The molecule has 2 fully saturated rings. The second kappa shape index (κ2) is 10.7. The quantitative estimate of drug-likeness (QED) is 0.567. The molecule has 1 saturated carbocycles. The molecule has 0 bridgehead atoms. The molecule has 5 nitrogen and oxygen atoms in total. The highest BCUT2D eigenvalue weighted by Crippen LogP contribution is 2.36. The fourth-order valence-electron chi connectivity index (χ4n) is 4.68. The molecule has 0 spiro atoms. The van der Waals surface area contributed by atoms with Crippen LogP contribution in [0.5, 0.6) is 0 Å². The number of rotatable bonds is 9. The van der Waals surface area contributed by atoms with Gasteiger partial charge in [0.15, 0.2) is 0 Å². The third kappa shape index (κ3) is 6.74. The largest absolute Gasteiger partial charge is 0.481 e. The average molecular weight is 433 g/mol. The molecule has 3 rings (SSSR count). The number of nitrogens with zero attached hydrogens (tertiary/aromatic N) is 1. The lowest BCUT2D eigenvalue weighted by Crippen LogP contribution is -2.43. The number of carbonyl (C=O) groups is 2. The number of carbonyl (C=O) groups excluding carboxylic acids is 1. The molecular weight excluding hydrogens is 396 g/mol. The third-order valence-electron chi connectivity index (χ3n) is 6.60. The highest BCUT2D eigenvalue weighted by Gasteiger charge is 2.32. The van der Waals surface area contributed by atoms with Crippen molar-refractivity contribution in [2.24, 2.45) is 17.3 Å². The van der Waals surface area contributed by atoms with Crippen LogP contribution in [0.1, 0.15) is 57.9 Å². The Labute approximate surface area is 185 Å². The van der Waals surface area contributed by atoms with Crippen molar-refractivity contribution in [1.82, 2.24) is 10.2 Å². The maximum atomic E-state index is 12.6. The molecule has 2 aliphatic rings. The van der Waals surface area contributed by atoms with Gasteiger partial charge in [0.05, 0.1) is 10.8 Å². The molecule has 1 heterocycles. The van der Waals surface area contributed by atoms with E-state index in [0.717, 1.165) is 30.7 Å². The van der Waals surface area contributed by atoms with Crippen LogP contribution in [0, 0.1) is 17.3 Å². The Balaban J connectivity index is 1.57. The highest BCUT2D eigenvalue weighted by atomic mass is 32.2. The summed E-state index contributed by atoms with van der Waals surface area (Å²) in [6.07, 6.45) is 7.56. The summed E-state index contributed by atoms with van der Waals surface area (Å²) >= 11 is 1.77. The number of carboxylic acid groups (broad SMARTS) is 1. The first-order valence-electron chi connectivity index (χ1n) is 11.2. The van der Waals surface area contributed by atoms with E-state index in [1.165, 1.54) is 44.2 Å². The van der Waals surface area contributed by atoms with Gasteiger partial charge in [-0.15, -0.1) is 11.8 Å². The van der Waals surface area contributed by atoms with E-state index in [1.54, 1.807) is 25.6 Å². The molecule has 0 unspecified atom stereocenters. The number of amides is 1. The Kier molecular flexibility index (Phi) is 8.23. The van der Waals surface area contributed by atoms with Crippen molar-refractivity contribution in [3.05, 3.63) is 35.9 Å². The molecule has 1 aliphatic carbocycles. The second-order valence-corrected chi connectivity index (χ2v) is 10.7. The van der Waals surface area contributed by atoms with Gasteiger partial charge in [0, 0.05) is 25.3 Å². The third-order valence-corrected chi connectivity index (χ3v) is 7.80. The SMILES string of the molecule is CC(C)(CC(=O)N[C@@H](Cc1ccccc1)SCN1CC[C@@H]2CCCC[C@@H]2C1)C(=O)O. The number of thioether (sulfide) groups is 1. The summed E-state index contributed by atoms with van der Waals surface area (Å²) in [4.78, 5) is 26.5. The van der Waals surface area contributed by atoms with E-state index in [0.29, 0.717) is 0 Å². The molecule has 3 atom stereocenters. The lowest BCUT2D eigenvalue weighted by Gasteiger charge is -2.41. The number of aliphatic carboxylic acids is 1. The lowest BCUT2D eigenvalue weighted by molar-refractivity contribution is -0.149. The lowest BCUT2D eigenvalue weighted by atomic mass is 9.75. The van der Waals surface area contributed by atoms with Crippen molar-refractivity contribution in [2.75, 3.05) is 19.0 Å². The van der Waals surface area contributed by atoms with Crippen LogP contribution in [0.4, 0.5) is 0 Å². The zero-order valence-corrected chi connectivity index (χ0v) is 19.1. The summed E-state index contributed by atoms with van der Waals surface area (Å²) in [7, 11) is 0. The molecule has 0 aromatic heterocycles. The molecule has 166 valence electrons. The van der Waals surface area contributed by atoms with Crippen LogP contribution in [0.15, 0.2) is 30.3 Å². The molecule has 2 N–H and O–H groups in total. The van der Waals surface area contributed by atoms with Crippen molar-refractivity contribution >= 4 is 23.6 Å². The predicted octanol–water partition coefficient (Wildman–Crippen LogP) is 4.38. The second-order valence-electron chi connectivity index (χ2n) is 9.58. The maximum absolute atomic E-state index is 12.6. The smallest absolute Gasteiger partial charge is 0.309 e. The average Bonchev–Trinajstić information content (AvgIpc) is 2.72. The summed E-state index contributed by atoms with van der Waals surface area (Å²) < 4.78 is 0. The van der Waals surface area contributed by atoms with Crippen molar-refractivity contribution in [1.29, 1.82) is 0 Å². The molecule has 1 saturated heterocycles. The summed E-state index contributed by atoms with van der Waals surface area (Å²) in [5.41, 5.74) is 0.119. The van der Waals surface area contributed by atoms with Gasteiger partial charge in [0.25, 0.3) is 0 Å². The molecular formula is C24H36N2O3S. The summed E-state index contributed by atoms with van der Waals surface area (Å²) in [5, 5.41) is 12.4. The number of benzene rings is 1. The Bertz CT molecular complexity index is 710. The van der Waals surface area contributed by atoms with Gasteiger partial charge in [-0.05, 0) is 50.6 Å². The standard InChI is InChI=1S/C24H36N2O3S/c1-24(2,23(28)29)15-21(27)25-22(14-18-8-4-3-5-9-18)30-17-26-13-12-19-10-6-7-11-20(19)16-26/h3-5,8-9,19-20,22H,6-7,10-17H2,1-2H3,(H,25,27)(H,28,29)/t19-,20+,22+/m0/s1. The van der Waals surface area contributed by atoms with Gasteiger partial charge in [-0.25, -0.2) is 0 Å². The van der Waals surface area contributed by atoms with Gasteiger partial charge in [-0.2, -0.15) is 0 Å². The highest BCUT2D eigenvalue weighted by molar-refractivity contribution is 7.99. The number of hydrogen-bond donors (Lipinski definition) is 2. The molecule has 1 aliphatic heterocycles. The van der Waals surface area contributed by atoms with Crippen LogP contribution in [0.2, 0.25) is 0 Å². The monoisotopic (exact) mass is 432 g/mol. The van der Waals surface area contributed by atoms with Gasteiger partial charge in [0.1, 0.15) is 0 Å². The number of piperidine rings is 1. The van der Waals surface area contributed by atoms with Crippen molar-refractivity contribution < 1.29 is 14.7 Å². The summed E-state index contributed by atoms with van der Waals surface area (Å²) in [6, 6.07) is 10.2. The van der Waals surface area contributed by atoms with E-state index in [4.69, 9.17) is 0 Å². The van der Waals surface area contributed by atoms with Crippen LogP contribution in [0.25, 0.3) is 0 Å². The van der Waals surface area contributed by atoms with E-state index in [2.05, 4.69) is 22.3 Å². The van der Waals surface area contributed by atoms with Crippen molar-refractivity contribution in [3.63, 3.8) is 0 Å². The minimum atomic E-state index is -1.06. The first kappa shape index (κ1) is 23.1. The minimum Gasteiger partial charge on any atom is -0.481 e. The molecule has 1 aromatic carbocycles. The number of likely N-dealkylation sites (tertiary alicyclic amines) is 1. The normalized spacial score (nSPS) is 23.4. The van der Waals surface area contributed by atoms with E-state index in [9.17, 15) is 14.7 Å². The Morgan fingerprint density at radius 1 is 1.17 bits per heavy atom. The molecule has 6 heteroatoms. The molecule has 1 amide bonds. The first-order valence-corrected chi connectivity index (χ1v) is 12.3. The Morgan fingerprint density at radius 2 is 1.87 bits per heavy atom. The zero-order valence-electron chi connectivity index (χ0n) is 18.3. The van der Waals surface area contributed by atoms with Gasteiger partial charge < -0.3 is 10.4 Å². The van der Waals surface area contributed by atoms with E-state index >= 15 is 0 Å². The van der Waals surface area contributed by atoms with Gasteiger partial charge in [0.2, 0.25) is 5.91 Å². The van der Waals surface area contributed by atoms with Gasteiger partial charge in [-0.1, -0.05) is 49.6 Å². The van der Waals surface area contributed by atoms with Crippen LogP contribution in [0.3, 0.4) is 0 Å². The predicted molar refractivity (Wildman–Crippen MR) is 122 cm³/mol. The Morgan fingerprint density at radius 3 is 2.57 bits per heavy atom. The van der Waals surface area contributed by atoms with E-state index < -0.39 is 11.4 Å². The fraction of sp³-hybridized carbons (Fsp3) is 0.667. The first-order chi connectivity index (χ1) is 14.3. The summed E-state index contributed by atoms with van der Waals surface area (Å²) in [6.45, 7) is 5.52. The van der Waals surface area contributed by atoms with Crippen LogP contribution in [-0.4, -0.2) is 46.2 Å². The number of hydrogen-bond acceptors (Lipinski definition) is 4. The van der Waals surface area contributed by atoms with Crippen LogP contribution in [-0.2, 0) is 16.0 Å². The zero-order chi connectivity index (χ0) is 21.6. The number of nitrogens with one attached hydrogen (secondary N) is 1. The van der Waals surface area contributed by atoms with Crippen LogP contribution >= 0.6 is 11.8 Å². The number of fused-ring (bicyclic) bond motifs is 1. The maximum Gasteiger partial charge on any atom is 0.309 e. The number of carboxylic acids is 1. The van der Waals surface area contributed by atoms with Gasteiger partial charge >= 0.3 is 5.97 Å². The van der Waals surface area contributed by atoms with Crippen molar-refractivity contribution in [2.45, 2.75) is 64.2 Å². The van der Waals surface area contributed by atoms with E-state index in [-0.39, 0.29) is 17.7 Å². The molecule has 0 radical (unpaired) electrons. The van der Waals surface area contributed by atoms with E-state index in [1.807, 2.05) is 18.2 Å². The molecule has 1 aromatic rings. The minimum absolute atomic E-state index is 0.0123. The topological polar surface area (TPSA) is 69.6 Å².